The van der Waals surface area contributed by atoms with Gasteiger partial charge in [-0.3, -0.25) is 14.9 Å². The quantitative estimate of drug-likeness (QED) is 0.620. The zero-order valence-electron chi connectivity index (χ0n) is 11.7. The summed E-state index contributed by atoms with van der Waals surface area (Å²) < 4.78 is 5.00. The van der Waals surface area contributed by atoms with Crippen LogP contribution in [0.2, 0.25) is 0 Å². The van der Waals surface area contributed by atoms with Gasteiger partial charge in [-0.25, -0.2) is 14.8 Å². The number of amides is 1. The van der Waals surface area contributed by atoms with E-state index in [1.807, 2.05) is 0 Å². The van der Waals surface area contributed by atoms with Crippen molar-refractivity contribution in [3.8, 4) is 5.75 Å². The smallest absolute Gasteiger partial charge is 0.356 e. The second-order valence-electron chi connectivity index (χ2n) is 4.15. The minimum Gasteiger partial charge on any atom is -0.495 e. The van der Waals surface area contributed by atoms with Crippen LogP contribution >= 0.6 is 0 Å². The fourth-order valence-electron chi connectivity index (χ4n) is 1.75. The monoisotopic (exact) mass is 318 g/mol. The van der Waals surface area contributed by atoms with Crippen molar-refractivity contribution >= 4 is 23.3 Å². The molecular formula is C13H10N4O6. The fraction of sp³-hybridized carbons (Fsp3) is 0.0769. The van der Waals surface area contributed by atoms with Crippen molar-refractivity contribution in [2.24, 2.45) is 0 Å². The molecule has 0 saturated carbocycles. The number of rotatable bonds is 5. The molecule has 1 heterocycles. The van der Waals surface area contributed by atoms with Gasteiger partial charge >= 0.3 is 5.97 Å². The molecule has 2 aromatic rings. The number of benzene rings is 1. The highest BCUT2D eigenvalue weighted by atomic mass is 16.6. The van der Waals surface area contributed by atoms with Crippen LogP contribution in [-0.2, 0) is 0 Å². The SMILES string of the molecule is COc1ccc([N+](=O)[O-])cc1NC(=O)c1nccnc1C(=O)O. The van der Waals surface area contributed by atoms with E-state index in [9.17, 15) is 19.7 Å². The number of nitro groups is 1. The molecule has 0 radical (unpaired) electrons. The maximum absolute atomic E-state index is 12.2. The highest BCUT2D eigenvalue weighted by molar-refractivity contribution is 6.09. The lowest BCUT2D eigenvalue weighted by Crippen LogP contribution is -2.19. The maximum atomic E-state index is 12.2. The molecule has 1 aromatic carbocycles. The zero-order chi connectivity index (χ0) is 17.0. The van der Waals surface area contributed by atoms with Gasteiger partial charge in [0.25, 0.3) is 11.6 Å². The molecule has 0 aliphatic carbocycles. The van der Waals surface area contributed by atoms with Gasteiger partial charge in [-0.15, -0.1) is 0 Å². The van der Waals surface area contributed by atoms with E-state index in [0.29, 0.717) is 0 Å². The molecular weight excluding hydrogens is 308 g/mol. The van der Waals surface area contributed by atoms with Gasteiger partial charge in [0.05, 0.1) is 17.7 Å². The molecule has 0 aliphatic rings. The summed E-state index contributed by atoms with van der Waals surface area (Å²) in [5.41, 5.74) is -1.21. The molecule has 0 fully saturated rings. The van der Waals surface area contributed by atoms with Crippen LogP contribution in [0.3, 0.4) is 0 Å². The topological polar surface area (TPSA) is 145 Å². The van der Waals surface area contributed by atoms with E-state index in [1.54, 1.807) is 0 Å². The molecule has 0 aliphatic heterocycles. The van der Waals surface area contributed by atoms with Crippen molar-refractivity contribution in [2.75, 3.05) is 12.4 Å². The van der Waals surface area contributed by atoms with Crippen LogP contribution in [-0.4, -0.2) is 39.0 Å². The van der Waals surface area contributed by atoms with E-state index in [-0.39, 0.29) is 17.1 Å². The molecule has 10 nitrogen and oxygen atoms in total. The number of carbonyl (C=O) groups is 2. The summed E-state index contributed by atoms with van der Waals surface area (Å²) in [4.78, 5) is 40.6. The Balaban J connectivity index is 2.39. The zero-order valence-corrected chi connectivity index (χ0v) is 11.7. The first-order chi connectivity index (χ1) is 10.9. The number of aromatic nitrogens is 2. The van der Waals surface area contributed by atoms with Gasteiger partial charge in [-0.05, 0) is 6.07 Å². The van der Waals surface area contributed by atoms with E-state index in [4.69, 9.17) is 9.84 Å². The van der Waals surface area contributed by atoms with Gasteiger partial charge in [0.2, 0.25) is 0 Å². The molecule has 0 saturated heterocycles. The normalized spacial score (nSPS) is 9.96. The van der Waals surface area contributed by atoms with E-state index >= 15 is 0 Å². The Morgan fingerprint density at radius 1 is 1.26 bits per heavy atom. The first-order valence-corrected chi connectivity index (χ1v) is 6.12. The number of hydrogen-bond donors (Lipinski definition) is 2. The highest BCUT2D eigenvalue weighted by Gasteiger charge is 2.21. The number of non-ortho nitro benzene ring substituents is 1. The van der Waals surface area contributed by atoms with Crippen LogP contribution in [0.5, 0.6) is 5.75 Å². The molecule has 0 unspecified atom stereocenters. The predicted molar refractivity (Wildman–Crippen MR) is 76.6 cm³/mol. The summed E-state index contributed by atoms with van der Waals surface area (Å²) in [7, 11) is 1.32. The molecule has 23 heavy (non-hydrogen) atoms. The Morgan fingerprint density at radius 2 is 1.91 bits per heavy atom. The second kappa shape index (κ2) is 6.47. The molecule has 118 valence electrons. The van der Waals surface area contributed by atoms with E-state index in [1.165, 1.54) is 19.2 Å². The average molecular weight is 318 g/mol. The van der Waals surface area contributed by atoms with Crippen LogP contribution in [0, 0.1) is 10.1 Å². The number of carboxylic acid groups (broad SMARTS) is 1. The van der Waals surface area contributed by atoms with Gasteiger partial charge < -0.3 is 15.2 Å². The number of anilines is 1. The van der Waals surface area contributed by atoms with Crippen LogP contribution in [0.1, 0.15) is 21.0 Å². The fourth-order valence-corrected chi connectivity index (χ4v) is 1.75. The Morgan fingerprint density at radius 3 is 2.48 bits per heavy atom. The van der Waals surface area contributed by atoms with Crippen molar-refractivity contribution < 1.29 is 24.4 Å². The molecule has 1 aromatic heterocycles. The number of ether oxygens (including phenoxy) is 1. The number of carboxylic acids is 1. The minimum absolute atomic E-state index is 0.00805. The standard InChI is InChI=1S/C13H10N4O6/c1-23-9-3-2-7(17(21)22)6-8(9)16-12(18)10-11(13(19)20)15-5-4-14-10/h2-6H,1H3,(H,16,18)(H,19,20). The number of nitrogens with one attached hydrogen (secondary N) is 1. The molecule has 1 amide bonds. The summed E-state index contributed by atoms with van der Waals surface area (Å²) in [6.07, 6.45) is 2.29. The molecule has 2 N–H and O–H groups in total. The largest absolute Gasteiger partial charge is 0.495 e. The number of nitrogens with zero attached hydrogens (tertiary/aromatic N) is 3. The van der Waals surface area contributed by atoms with Gasteiger partial charge in [0.1, 0.15) is 5.75 Å². The number of nitro benzene ring substituents is 1. The van der Waals surface area contributed by atoms with E-state index < -0.39 is 28.2 Å². The predicted octanol–water partition coefficient (Wildman–Crippen LogP) is 1.34. The Hall–Kier alpha value is -3.56. The molecule has 0 atom stereocenters. The summed E-state index contributed by atoms with van der Waals surface area (Å²) in [6.45, 7) is 0. The van der Waals surface area contributed by atoms with Gasteiger partial charge in [0.15, 0.2) is 11.4 Å². The Bertz CT molecular complexity index is 792. The van der Waals surface area contributed by atoms with Crippen molar-refractivity contribution in [3.05, 3.63) is 52.1 Å². The lowest BCUT2D eigenvalue weighted by molar-refractivity contribution is -0.384. The first kappa shape index (κ1) is 15.8. The van der Waals surface area contributed by atoms with Gasteiger partial charge in [-0.1, -0.05) is 0 Å². The number of aromatic carboxylic acids is 1. The third kappa shape index (κ3) is 3.37. The van der Waals surface area contributed by atoms with Gasteiger partial charge in [0, 0.05) is 24.5 Å². The Kier molecular flexibility index (Phi) is 4.45. The summed E-state index contributed by atoms with van der Waals surface area (Å²) in [6, 6.07) is 3.61. The average Bonchev–Trinajstić information content (AvgIpc) is 2.54. The molecule has 0 bridgehead atoms. The highest BCUT2D eigenvalue weighted by Crippen LogP contribution is 2.29. The third-order valence-electron chi connectivity index (χ3n) is 2.76. The lowest BCUT2D eigenvalue weighted by atomic mass is 10.2. The van der Waals surface area contributed by atoms with Crippen LogP contribution in [0.15, 0.2) is 30.6 Å². The van der Waals surface area contributed by atoms with Crippen LogP contribution in [0.25, 0.3) is 0 Å². The lowest BCUT2D eigenvalue weighted by Gasteiger charge is -2.10. The summed E-state index contributed by atoms with van der Waals surface area (Å²) in [5, 5.41) is 22.1. The van der Waals surface area contributed by atoms with Crippen molar-refractivity contribution in [3.63, 3.8) is 0 Å². The van der Waals surface area contributed by atoms with E-state index in [0.717, 1.165) is 18.5 Å². The second-order valence-corrected chi connectivity index (χ2v) is 4.15. The summed E-state index contributed by atoms with van der Waals surface area (Å²) in [5.74, 6) is -2.13. The molecule has 0 spiro atoms. The van der Waals surface area contributed by atoms with Crippen molar-refractivity contribution in [1.29, 1.82) is 0 Å². The third-order valence-corrected chi connectivity index (χ3v) is 2.76. The minimum atomic E-state index is -1.42. The summed E-state index contributed by atoms with van der Waals surface area (Å²) >= 11 is 0. The van der Waals surface area contributed by atoms with Crippen molar-refractivity contribution in [1.82, 2.24) is 9.97 Å². The first-order valence-electron chi connectivity index (χ1n) is 6.12. The maximum Gasteiger partial charge on any atom is 0.356 e. The molecule has 10 heteroatoms. The van der Waals surface area contributed by atoms with Gasteiger partial charge in [-0.2, -0.15) is 0 Å². The van der Waals surface area contributed by atoms with Crippen molar-refractivity contribution in [2.45, 2.75) is 0 Å². The molecule has 2 rings (SSSR count). The number of methoxy groups -OCH3 is 1. The van der Waals surface area contributed by atoms with Crippen LogP contribution < -0.4 is 10.1 Å². The van der Waals surface area contributed by atoms with Crippen LogP contribution in [0.4, 0.5) is 11.4 Å². The Labute approximate surface area is 128 Å². The number of hydrogen-bond acceptors (Lipinski definition) is 7. The number of carbonyl (C=O) groups excluding carboxylic acids is 1. The van der Waals surface area contributed by atoms with E-state index in [2.05, 4.69) is 15.3 Å².